The van der Waals surface area contributed by atoms with Crippen LogP contribution in [-0.4, -0.2) is 4.98 Å². The molecule has 2 heteroatoms. The Hall–Kier alpha value is -1.67. The second kappa shape index (κ2) is 6.48. The van der Waals surface area contributed by atoms with Gasteiger partial charge in [0.15, 0.2) is 0 Å². The van der Waals surface area contributed by atoms with Gasteiger partial charge in [-0.25, -0.2) is 0 Å². The van der Waals surface area contributed by atoms with Crippen molar-refractivity contribution in [2.24, 2.45) is 0 Å². The second-order valence-corrected chi connectivity index (χ2v) is 4.99. The Morgan fingerprint density at radius 3 is 2.26 bits per heavy atom. The van der Waals surface area contributed by atoms with Crippen LogP contribution in [0.15, 0.2) is 48.8 Å². The fourth-order valence-corrected chi connectivity index (χ4v) is 2.24. The lowest BCUT2D eigenvalue weighted by Crippen LogP contribution is -2.22. The van der Waals surface area contributed by atoms with E-state index in [9.17, 15) is 0 Å². The Kier molecular flexibility index (Phi) is 4.69. The number of hydrogen-bond donors (Lipinski definition) is 1. The lowest BCUT2D eigenvalue weighted by Gasteiger charge is -2.20. The molecule has 0 aliphatic rings. The number of nitrogens with zero attached hydrogens (tertiary/aromatic N) is 1. The molecule has 2 nitrogen and oxygen atoms in total. The van der Waals surface area contributed by atoms with Crippen LogP contribution in [0.5, 0.6) is 0 Å². The molecule has 1 unspecified atom stereocenters. The van der Waals surface area contributed by atoms with Gasteiger partial charge in [0.2, 0.25) is 0 Å². The molecule has 0 amide bonds. The predicted molar refractivity (Wildman–Crippen MR) is 80.0 cm³/mol. The molecule has 2 atom stereocenters. The molecular formula is C17H22N2. The van der Waals surface area contributed by atoms with Crippen LogP contribution in [0.25, 0.3) is 0 Å². The third kappa shape index (κ3) is 3.65. The smallest absolute Gasteiger partial charge is 0.0315 e. The zero-order valence-electron chi connectivity index (χ0n) is 11.9. The summed E-state index contributed by atoms with van der Waals surface area (Å²) < 4.78 is 0. The fourth-order valence-electron chi connectivity index (χ4n) is 2.24. The standard InChI is InChI=1S/C17H22N2/c1-4-15-7-9-16(10-8-15)13(2)19-14(3)17-6-5-11-18-12-17/h5-14,19H,4H2,1-3H3/t13?,14-/m1/s1. The van der Waals surface area contributed by atoms with Gasteiger partial charge in [-0.1, -0.05) is 37.3 Å². The van der Waals surface area contributed by atoms with E-state index in [1.54, 1.807) is 0 Å². The van der Waals surface area contributed by atoms with E-state index in [0.717, 1.165) is 6.42 Å². The van der Waals surface area contributed by atoms with E-state index < -0.39 is 0 Å². The maximum Gasteiger partial charge on any atom is 0.0315 e. The van der Waals surface area contributed by atoms with Crippen LogP contribution in [0.2, 0.25) is 0 Å². The van der Waals surface area contributed by atoms with Gasteiger partial charge in [-0.2, -0.15) is 0 Å². The van der Waals surface area contributed by atoms with Gasteiger partial charge in [-0.3, -0.25) is 4.98 Å². The molecule has 0 aliphatic heterocycles. The first-order valence-corrected chi connectivity index (χ1v) is 6.95. The van der Waals surface area contributed by atoms with Gasteiger partial charge in [0.1, 0.15) is 0 Å². The van der Waals surface area contributed by atoms with Crippen molar-refractivity contribution in [3.63, 3.8) is 0 Å². The SMILES string of the molecule is CCc1ccc(C(C)N[C@H](C)c2cccnc2)cc1. The molecule has 0 spiro atoms. The van der Waals surface area contributed by atoms with Crippen LogP contribution in [0.3, 0.4) is 0 Å². The first-order chi connectivity index (χ1) is 9.20. The average molecular weight is 254 g/mol. The van der Waals surface area contributed by atoms with Crippen LogP contribution in [-0.2, 0) is 6.42 Å². The summed E-state index contributed by atoms with van der Waals surface area (Å²) in [6, 6.07) is 13.6. The van der Waals surface area contributed by atoms with Crippen molar-refractivity contribution in [3.8, 4) is 0 Å². The monoisotopic (exact) mass is 254 g/mol. The number of benzene rings is 1. The van der Waals surface area contributed by atoms with Crippen LogP contribution in [0.4, 0.5) is 0 Å². The highest BCUT2D eigenvalue weighted by molar-refractivity contribution is 5.25. The van der Waals surface area contributed by atoms with E-state index in [0.29, 0.717) is 12.1 Å². The van der Waals surface area contributed by atoms with Gasteiger partial charge in [-0.05, 0) is 43.0 Å². The van der Waals surface area contributed by atoms with Crippen molar-refractivity contribution in [1.29, 1.82) is 0 Å². The molecule has 0 aliphatic carbocycles. The molecule has 1 N–H and O–H groups in total. The fraction of sp³-hybridized carbons (Fsp3) is 0.353. The summed E-state index contributed by atoms with van der Waals surface area (Å²) in [5.74, 6) is 0. The highest BCUT2D eigenvalue weighted by Gasteiger charge is 2.10. The summed E-state index contributed by atoms with van der Waals surface area (Å²) >= 11 is 0. The molecule has 1 aromatic heterocycles. The van der Waals surface area contributed by atoms with Crippen LogP contribution >= 0.6 is 0 Å². The summed E-state index contributed by atoms with van der Waals surface area (Å²) in [6.07, 6.45) is 4.82. The third-order valence-electron chi connectivity index (χ3n) is 3.57. The third-order valence-corrected chi connectivity index (χ3v) is 3.57. The van der Waals surface area contributed by atoms with Gasteiger partial charge >= 0.3 is 0 Å². The number of rotatable bonds is 5. The van der Waals surface area contributed by atoms with Crippen molar-refractivity contribution in [2.45, 2.75) is 39.3 Å². The number of aromatic nitrogens is 1. The molecule has 0 radical (unpaired) electrons. The van der Waals surface area contributed by atoms with Crippen molar-refractivity contribution < 1.29 is 0 Å². The highest BCUT2D eigenvalue weighted by Crippen LogP contribution is 2.19. The Labute approximate surface area is 115 Å². The minimum Gasteiger partial charge on any atom is -0.304 e. The lowest BCUT2D eigenvalue weighted by molar-refractivity contribution is 0.493. The van der Waals surface area contributed by atoms with Crippen molar-refractivity contribution in [1.82, 2.24) is 10.3 Å². The Bertz CT molecular complexity index is 490. The molecule has 0 saturated carbocycles. The summed E-state index contributed by atoms with van der Waals surface area (Å²) in [5.41, 5.74) is 3.93. The van der Waals surface area contributed by atoms with E-state index in [2.05, 4.69) is 61.4 Å². The van der Waals surface area contributed by atoms with E-state index in [1.165, 1.54) is 16.7 Å². The molecule has 2 aromatic rings. The number of aryl methyl sites for hydroxylation is 1. The summed E-state index contributed by atoms with van der Waals surface area (Å²) in [7, 11) is 0. The zero-order valence-corrected chi connectivity index (χ0v) is 11.9. The highest BCUT2D eigenvalue weighted by atomic mass is 14.9. The molecule has 0 saturated heterocycles. The van der Waals surface area contributed by atoms with Gasteiger partial charge in [0.25, 0.3) is 0 Å². The molecular weight excluding hydrogens is 232 g/mol. The minimum atomic E-state index is 0.301. The molecule has 0 fully saturated rings. The van der Waals surface area contributed by atoms with E-state index in [1.807, 2.05) is 18.5 Å². The normalized spacial score (nSPS) is 14.1. The molecule has 2 rings (SSSR count). The molecule has 1 heterocycles. The lowest BCUT2D eigenvalue weighted by atomic mass is 10.0. The molecule has 1 aromatic carbocycles. The molecule has 19 heavy (non-hydrogen) atoms. The Balaban J connectivity index is 2.02. The first kappa shape index (κ1) is 13.8. The average Bonchev–Trinajstić information content (AvgIpc) is 2.48. The van der Waals surface area contributed by atoms with Crippen molar-refractivity contribution >= 4 is 0 Å². The maximum absolute atomic E-state index is 4.17. The van der Waals surface area contributed by atoms with E-state index in [-0.39, 0.29) is 0 Å². The number of nitrogens with one attached hydrogen (secondary N) is 1. The number of pyridine rings is 1. The van der Waals surface area contributed by atoms with Gasteiger partial charge in [0.05, 0.1) is 0 Å². The minimum absolute atomic E-state index is 0.301. The molecule has 100 valence electrons. The summed E-state index contributed by atoms with van der Waals surface area (Å²) in [4.78, 5) is 4.17. The van der Waals surface area contributed by atoms with Gasteiger partial charge in [-0.15, -0.1) is 0 Å². The zero-order chi connectivity index (χ0) is 13.7. The van der Waals surface area contributed by atoms with Gasteiger partial charge in [0, 0.05) is 24.5 Å². The molecule has 0 bridgehead atoms. The second-order valence-electron chi connectivity index (χ2n) is 4.99. The van der Waals surface area contributed by atoms with Crippen molar-refractivity contribution in [3.05, 3.63) is 65.5 Å². The summed E-state index contributed by atoms with van der Waals surface area (Å²) in [6.45, 7) is 6.56. The first-order valence-electron chi connectivity index (χ1n) is 6.95. The van der Waals surface area contributed by atoms with Crippen LogP contribution in [0.1, 0.15) is 49.5 Å². The topological polar surface area (TPSA) is 24.9 Å². The van der Waals surface area contributed by atoms with Gasteiger partial charge < -0.3 is 5.32 Å². The van der Waals surface area contributed by atoms with E-state index in [4.69, 9.17) is 0 Å². The van der Waals surface area contributed by atoms with Crippen LogP contribution in [0, 0.1) is 0 Å². The predicted octanol–water partition coefficient (Wildman–Crippen LogP) is 4.06. The summed E-state index contributed by atoms with van der Waals surface area (Å²) in [5, 5.41) is 3.61. The Morgan fingerprint density at radius 2 is 1.68 bits per heavy atom. The Morgan fingerprint density at radius 1 is 1.00 bits per heavy atom. The maximum atomic E-state index is 4.17. The van der Waals surface area contributed by atoms with E-state index >= 15 is 0 Å². The quantitative estimate of drug-likeness (QED) is 0.870. The van der Waals surface area contributed by atoms with Crippen molar-refractivity contribution in [2.75, 3.05) is 0 Å². The largest absolute Gasteiger partial charge is 0.304 e. The van der Waals surface area contributed by atoms with Crippen LogP contribution < -0.4 is 5.32 Å². The number of hydrogen-bond acceptors (Lipinski definition) is 2.